The average molecular weight is 362 g/mol. The number of amides is 2. The number of rotatable bonds is 6. The SMILES string of the molecule is CNC(=O)C(CCC=O)N1Cc2cc(N3CCN(F)CC3)ccc2C1=O. The molecule has 1 atom stereocenters. The van der Waals surface area contributed by atoms with E-state index in [1.54, 1.807) is 6.07 Å². The molecule has 3 rings (SSSR count). The summed E-state index contributed by atoms with van der Waals surface area (Å²) in [7, 11) is 1.52. The van der Waals surface area contributed by atoms with Gasteiger partial charge in [0.2, 0.25) is 5.91 Å². The summed E-state index contributed by atoms with van der Waals surface area (Å²) in [6.45, 7) is 2.22. The number of anilines is 1. The maximum absolute atomic E-state index is 13.2. The predicted octanol–water partition coefficient (Wildman–Crippen LogP) is 0.743. The Bertz CT molecular complexity index is 704. The molecule has 1 unspecified atom stereocenters. The van der Waals surface area contributed by atoms with Crippen molar-refractivity contribution in [3.8, 4) is 0 Å². The highest BCUT2D eigenvalue weighted by Gasteiger charge is 2.36. The molecule has 2 aliphatic rings. The number of nitrogens with zero attached hydrogens (tertiary/aromatic N) is 3. The number of hydrogen-bond donors (Lipinski definition) is 1. The van der Waals surface area contributed by atoms with Crippen molar-refractivity contribution in [2.24, 2.45) is 0 Å². The van der Waals surface area contributed by atoms with Gasteiger partial charge >= 0.3 is 0 Å². The lowest BCUT2D eigenvalue weighted by Gasteiger charge is -2.31. The number of piperazine rings is 1. The molecule has 7 nitrogen and oxygen atoms in total. The first-order valence-corrected chi connectivity index (χ1v) is 8.80. The van der Waals surface area contributed by atoms with Gasteiger partial charge in [0.15, 0.2) is 0 Å². The molecule has 1 aromatic rings. The van der Waals surface area contributed by atoms with Crippen LogP contribution < -0.4 is 10.2 Å². The molecule has 8 heteroatoms. The van der Waals surface area contributed by atoms with Crippen LogP contribution in [-0.2, 0) is 16.1 Å². The second-order valence-electron chi connectivity index (χ2n) is 6.55. The third-order valence-electron chi connectivity index (χ3n) is 4.99. The van der Waals surface area contributed by atoms with Crippen LogP contribution in [0.3, 0.4) is 0 Å². The van der Waals surface area contributed by atoms with Crippen molar-refractivity contribution in [3.63, 3.8) is 0 Å². The highest BCUT2D eigenvalue weighted by Crippen LogP contribution is 2.30. The minimum atomic E-state index is -0.663. The van der Waals surface area contributed by atoms with Crippen LogP contribution >= 0.6 is 0 Å². The van der Waals surface area contributed by atoms with Crippen molar-refractivity contribution in [3.05, 3.63) is 29.3 Å². The Balaban J connectivity index is 1.79. The largest absolute Gasteiger partial charge is 0.369 e. The fourth-order valence-electron chi connectivity index (χ4n) is 3.54. The summed E-state index contributed by atoms with van der Waals surface area (Å²) in [5.74, 6) is -0.466. The third-order valence-corrected chi connectivity index (χ3v) is 4.99. The molecule has 1 fully saturated rings. The predicted molar refractivity (Wildman–Crippen MR) is 94.4 cm³/mol. The van der Waals surface area contributed by atoms with E-state index in [9.17, 15) is 18.9 Å². The van der Waals surface area contributed by atoms with E-state index >= 15 is 0 Å². The summed E-state index contributed by atoms with van der Waals surface area (Å²) in [5, 5.41) is 3.37. The van der Waals surface area contributed by atoms with Gasteiger partial charge in [-0.3, -0.25) is 9.59 Å². The van der Waals surface area contributed by atoms with Crippen LogP contribution in [0.2, 0.25) is 0 Å². The zero-order valence-electron chi connectivity index (χ0n) is 14.8. The Morgan fingerprint density at radius 2 is 2.04 bits per heavy atom. The van der Waals surface area contributed by atoms with E-state index < -0.39 is 6.04 Å². The van der Waals surface area contributed by atoms with E-state index in [4.69, 9.17) is 0 Å². The molecule has 0 aromatic heterocycles. The van der Waals surface area contributed by atoms with Crippen molar-refractivity contribution in [2.45, 2.75) is 25.4 Å². The maximum atomic E-state index is 13.2. The zero-order valence-corrected chi connectivity index (χ0v) is 14.8. The Morgan fingerprint density at radius 3 is 2.69 bits per heavy atom. The van der Waals surface area contributed by atoms with Gasteiger partial charge in [0, 0.05) is 57.4 Å². The molecule has 0 bridgehead atoms. The van der Waals surface area contributed by atoms with E-state index in [-0.39, 0.29) is 18.2 Å². The third kappa shape index (κ3) is 3.55. The van der Waals surface area contributed by atoms with Gasteiger partial charge in [0.1, 0.15) is 12.3 Å². The van der Waals surface area contributed by atoms with E-state index in [0.29, 0.717) is 44.7 Å². The van der Waals surface area contributed by atoms with Gasteiger partial charge in [-0.25, -0.2) is 0 Å². The summed E-state index contributed by atoms with van der Waals surface area (Å²) >= 11 is 0. The number of benzene rings is 1. The number of aldehydes is 1. The number of carbonyl (C=O) groups excluding carboxylic acids is 3. The van der Waals surface area contributed by atoms with Gasteiger partial charge in [-0.1, -0.05) is 0 Å². The van der Waals surface area contributed by atoms with Crippen LogP contribution in [0.15, 0.2) is 18.2 Å². The lowest BCUT2D eigenvalue weighted by molar-refractivity contribution is -0.125. The van der Waals surface area contributed by atoms with E-state index in [2.05, 4.69) is 10.2 Å². The number of hydrogen-bond acceptors (Lipinski definition) is 5. The van der Waals surface area contributed by atoms with Gasteiger partial charge in [0.05, 0.1) is 0 Å². The van der Waals surface area contributed by atoms with Gasteiger partial charge in [0.25, 0.3) is 5.91 Å². The smallest absolute Gasteiger partial charge is 0.255 e. The van der Waals surface area contributed by atoms with E-state index in [1.165, 1.54) is 11.9 Å². The first-order chi connectivity index (χ1) is 12.5. The fourth-order valence-corrected chi connectivity index (χ4v) is 3.54. The number of carbonyl (C=O) groups is 3. The fraction of sp³-hybridized carbons (Fsp3) is 0.500. The van der Waals surface area contributed by atoms with Crippen molar-refractivity contribution in [1.29, 1.82) is 0 Å². The molecule has 140 valence electrons. The number of fused-ring (bicyclic) bond motifs is 1. The second-order valence-corrected chi connectivity index (χ2v) is 6.55. The minimum absolute atomic E-state index is 0.195. The van der Waals surface area contributed by atoms with Gasteiger partial charge in [-0.2, -0.15) is 0 Å². The van der Waals surface area contributed by atoms with Crippen LogP contribution in [0.5, 0.6) is 0 Å². The highest BCUT2D eigenvalue weighted by molar-refractivity contribution is 6.01. The molecule has 1 aromatic carbocycles. The van der Waals surface area contributed by atoms with Crippen LogP contribution in [0, 0.1) is 0 Å². The summed E-state index contributed by atoms with van der Waals surface area (Å²) in [6.07, 6.45) is 1.28. The molecule has 1 N–H and O–H groups in total. The Morgan fingerprint density at radius 1 is 1.31 bits per heavy atom. The van der Waals surface area contributed by atoms with Crippen LogP contribution in [-0.4, -0.2) is 67.4 Å². The highest BCUT2D eigenvalue weighted by atomic mass is 19.2. The van der Waals surface area contributed by atoms with Gasteiger partial charge < -0.3 is 19.9 Å². The molecule has 2 aliphatic heterocycles. The van der Waals surface area contributed by atoms with E-state index in [0.717, 1.165) is 22.7 Å². The quantitative estimate of drug-likeness (QED) is 0.597. The Kier molecular flexibility index (Phi) is 5.51. The molecule has 1 saturated heterocycles. The lowest BCUT2D eigenvalue weighted by atomic mass is 10.1. The van der Waals surface area contributed by atoms with E-state index in [1.807, 2.05) is 12.1 Å². The van der Waals surface area contributed by atoms with Crippen LogP contribution in [0.4, 0.5) is 10.2 Å². The van der Waals surface area contributed by atoms with Crippen LogP contribution in [0.25, 0.3) is 0 Å². The molecule has 0 radical (unpaired) electrons. The van der Waals surface area contributed by atoms with Gasteiger partial charge in [-0.05, 0) is 30.2 Å². The number of halogens is 1. The van der Waals surface area contributed by atoms with Crippen LogP contribution in [0.1, 0.15) is 28.8 Å². The van der Waals surface area contributed by atoms with Crippen molar-refractivity contribution in [2.75, 3.05) is 38.1 Å². The summed E-state index contributed by atoms with van der Waals surface area (Å²) < 4.78 is 13.2. The summed E-state index contributed by atoms with van der Waals surface area (Å²) in [5.41, 5.74) is 2.39. The molecule has 26 heavy (non-hydrogen) atoms. The number of likely N-dealkylation sites (N-methyl/N-ethyl adjacent to an activating group) is 1. The monoisotopic (exact) mass is 362 g/mol. The first kappa shape index (κ1) is 18.3. The summed E-state index contributed by atoms with van der Waals surface area (Å²) in [6, 6.07) is 4.93. The summed E-state index contributed by atoms with van der Waals surface area (Å²) in [4.78, 5) is 39.2. The average Bonchev–Trinajstić information content (AvgIpc) is 2.98. The molecule has 2 amide bonds. The Labute approximate surface area is 151 Å². The molecule has 0 aliphatic carbocycles. The molecular weight excluding hydrogens is 339 g/mol. The van der Waals surface area contributed by atoms with Crippen molar-refractivity contribution < 1.29 is 18.9 Å². The normalized spacial score (nSPS) is 18.6. The minimum Gasteiger partial charge on any atom is -0.369 e. The standard InChI is InChI=1S/C18H23FN4O3/c1-20-17(25)16(3-2-10-24)23-12-13-11-14(4-5-15(13)18(23)26)21-6-8-22(19)9-7-21/h4-5,10-11,16H,2-3,6-9,12H2,1H3,(H,20,25). The second kappa shape index (κ2) is 7.82. The molecule has 0 saturated carbocycles. The van der Waals surface area contributed by atoms with Crippen molar-refractivity contribution >= 4 is 23.8 Å². The number of nitrogens with one attached hydrogen (secondary N) is 1. The molecule has 2 heterocycles. The zero-order chi connectivity index (χ0) is 18.7. The topological polar surface area (TPSA) is 73.0 Å². The molecular formula is C18H23FN4O3. The Hall–Kier alpha value is -2.48. The molecule has 0 spiro atoms. The maximum Gasteiger partial charge on any atom is 0.255 e. The van der Waals surface area contributed by atoms with Gasteiger partial charge in [-0.15, -0.1) is 9.60 Å². The van der Waals surface area contributed by atoms with Crippen molar-refractivity contribution in [1.82, 2.24) is 15.3 Å². The first-order valence-electron chi connectivity index (χ1n) is 8.80. The lowest BCUT2D eigenvalue weighted by Crippen LogP contribution is -2.46.